The number of rotatable bonds is 6. The van der Waals surface area contributed by atoms with Gasteiger partial charge in [0.15, 0.2) is 0 Å². The second-order valence-corrected chi connectivity index (χ2v) is 8.95. The number of hydrogen-bond donors (Lipinski definition) is 1. The summed E-state index contributed by atoms with van der Waals surface area (Å²) in [6.45, 7) is 5.32. The van der Waals surface area contributed by atoms with Crippen molar-refractivity contribution in [2.75, 3.05) is 26.7 Å². The van der Waals surface area contributed by atoms with Crippen LogP contribution in [-0.2, 0) is 17.9 Å². The fourth-order valence-electron chi connectivity index (χ4n) is 4.91. The Kier molecular flexibility index (Phi) is 6.62. The molecule has 2 fully saturated rings. The molecule has 7 nitrogen and oxygen atoms in total. The number of benzene rings is 1. The first-order valence-electron chi connectivity index (χ1n) is 11.3. The third-order valence-electron chi connectivity index (χ3n) is 6.86. The van der Waals surface area contributed by atoms with Gasteiger partial charge in [0, 0.05) is 37.6 Å². The lowest BCUT2D eigenvalue weighted by Crippen LogP contribution is -2.55. The Morgan fingerprint density at radius 3 is 2.71 bits per heavy atom. The molecule has 0 saturated carbocycles. The van der Waals surface area contributed by atoms with E-state index < -0.39 is 5.60 Å². The third kappa shape index (κ3) is 4.93. The van der Waals surface area contributed by atoms with Crippen molar-refractivity contribution in [3.8, 4) is 5.75 Å². The van der Waals surface area contributed by atoms with Crippen LogP contribution in [0.4, 0.5) is 0 Å². The van der Waals surface area contributed by atoms with Gasteiger partial charge >= 0.3 is 0 Å². The minimum absolute atomic E-state index is 0.0965. The molecule has 2 aliphatic rings. The number of imidazole rings is 1. The van der Waals surface area contributed by atoms with Crippen molar-refractivity contribution >= 4 is 5.91 Å². The van der Waals surface area contributed by atoms with Crippen LogP contribution in [0.2, 0.25) is 0 Å². The Hall–Kier alpha value is -2.38. The van der Waals surface area contributed by atoms with Crippen molar-refractivity contribution in [1.82, 2.24) is 19.4 Å². The van der Waals surface area contributed by atoms with E-state index in [4.69, 9.17) is 4.74 Å². The van der Waals surface area contributed by atoms with Gasteiger partial charge in [-0.25, -0.2) is 4.98 Å². The number of likely N-dealkylation sites (tertiary alicyclic amines) is 2. The molecule has 7 heteroatoms. The zero-order chi connectivity index (χ0) is 21.8. The van der Waals surface area contributed by atoms with E-state index >= 15 is 0 Å². The van der Waals surface area contributed by atoms with Gasteiger partial charge in [-0.05, 0) is 45.2 Å². The van der Waals surface area contributed by atoms with Gasteiger partial charge in [-0.3, -0.25) is 9.69 Å². The number of carbonyl (C=O) groups is 1. The van der Waals surface area contributed by atoms with Crippen LogP contribution in [0, 0.1) is 6.92 Å². The fraction of sp³-hybridized carbons (Fsp3) is 0.583. The van der Waals surface area contributed by atoms with Gasteiger partial charge in [0.25, 0.3) is 0 Å². The molecule has 2 saturated heterocycles. The summed E-state index contributed by atoms with van der Waals surface area (Å²) in [5.74, 6) is 1.98. The third-order valence-corrected chi connectivity index (χ3v) is 6.86. The second kappa shape index (κ2) is 9.40. The van der Waals surface area contributed by atoms with E-state index in [0.29, 0.717) is 32.5 Å². The molecule has 1 N–H and O–H groups in total. The van der Waals surface area contributed by atoms with E-state index in [0.717, 1.165) is 49.5 Å². The van der Waals surface area contributed by atoms with E-state index in [1.165, 1.54) is 0 Å². The number of nitrogens with zero attached hydrogens (tertiary/aromatic N) is 4. The molecule has 1 aromatic carbocycles. The van der Waals surface area contributed by atoms with Crippen LogP contribution in [-0.4, -0.2) is 68.8 Å². The van der Waals surface area contributed by atoms with Crippen LogP contribution in [0.15, 0.2) is 36.7 Å². The largest absolute Gasteiger partial charge is 0.496 e. The van der Waals surface area contributed by atoms with Crippen molar-refractivity contribution < 1.29 is 14.6 Å². The number of piperidine rings is 2. The van der Waals surface area contributed by atoms with Crippen LogP contribution in [0.1, 0.15) is 43.5 Å². The summed E-state index contributed by atoms with van der Waals surface area (Å²) in [6.07, 6.45) is 7.94. The molecule has 0 aliphatic carbocycles. The molecule has 3 heterocycles. The molecule has 2 aliphatic heterocycles. The Morgan fingerprint density at radius 2 is 2.00 bits per heavy atom. The molecule has 31 heavy (non-hydrogen) atoms. The van der Waals surface area contributed by atoms with E-state index in [1.807, 2.05) is 40.8 Å². The first kappa shape index (κ1) is 21.8. The number of aromatic nitrogens is 2. The van der Waals surface area contributed by atoms with Crippen molar-refractivity contribution in [3.05, 3.63) is 48.0 Å². The highest BCUT2D eigenvalue weighted by Gasteiger charge is 2.38. The molecule has 0 unspecified atom stereocenters. The highest BCUT2D eigenvalue weighted by Crippen LogP contribution is 2.29. The lowest BCUT2D eigenvalue weighted by molar-refractivity contribution is -0.143. The van der Waals surface area contributed by atoms with Gasteiger partial charge < -0.3 is 19.3 Å². The van der Waals surface area contributed by atoms with Crippen molar-refractivity contribution in [2.24, 2.45) is 0 Å². The lowest BCUT2D eigenvalue weighted by atomic mass is 9.90. The molecule has 168 valence electrons. The summed E-state index contributed by atoms with van der Waals surface area (Å²) in [6, 6.07) is 7.95. The molecule has 0 bridgehead atoms. The topological polar surface area (TPSA) is 70.8 Å². The van der Waals surface area contributed by atoms with Crippen LogP contribution in [0.5, 0.6) is 5.75 Å². The molecule has 1 amide bonds. The average Bonchev–Trinajstić information content (AvgIpc) is 3.18. The smallest absolute Gasteiger partial charge is 0.239 e. The molecule has 2 aromatic rings. The molecular weight excluding hydrogens is 392 g/mol. The van der Waals surface area contributed by atoms with Gasteiger partial charge in [-0.15, -0.1) is 0 Å². The summed E-state index contributed by atoms with van der Waals surface area (Å²) < 4.78 is 7.51. The molecule has 0 radical (unpaired) electrons. The van der Waals surface area contributed by atoms with Crippen LogP contribution < -0.4 is 4.74 Å². The molecule has 4 rings (SSSR count). The maximum absolute atomic E-state index is 13.4. The number of carbonyl (C=O) groups excluding carboxylic acids is 1. The number of aliphatic hydroxyl groups is 1. The monoisotopic (exact) mass is 426 g/mol. The zero-order valence-corrected chi connectivity index (χ0v) is 18.7. The van der Waals surface area contributed by atoms with E-state index in [9.17, 15) is 9.90 Å². The number of methoxy groups -OCH3 is 1. The highest BCUT2D eigenvalue weighted by atomic mass is 16.5. The maximum Gasteiger partial charge on any atom is 0.239 e. The predicted octanol–water partition coefficient (Wildman–Crippen LogP) is 2.61. The lowest BCUT2D eigenvalue weighted by Gasteiger charge is -2.42. The Balaban J connectivity index is 1.39. The summed E-state index contributed by atoms with van der Waals surface area (Å²) in [5, 5.41) is 11.1. The molecular formula is C24H34N4O3. The average molecular weight is 427 g/mol. The zero-order valence-electron chi connectivity index (χ0n) is 18.7. The van der Waals surface area contributed by atoms with Gasteiger partial charge in [0.05, 0.1) is 25.3 Å². The number of amides is 1. The Morgan fingerprint density at radius 1 is 1.23 bits per heavy atom. The summed E-state index contributed by atoms with van der Waals surface area (Å²) in [4.78, 5) is 22.0. The maximum atomic E-state index is 13.4. The van der Waals surface area contributed by atoms with E-state index in [-0.39, 0.29) is 11.9 Å². The van der Waals surface area contributed by atoms with Gasteiger partial charge in [0.1, 0.15) is 11.6 Å². The summed E-state index contributed by atoms with van der Waals surface area (Å²) in [7, 11) is 1.69. The number of hydrogen-bond acceptors (Lipinski definition) is 5. The quantitative estimate of drug-likeness (QED) is 0.769. The Bertz CT molecular complexity index is 888. The Labute approximate surface area is 184 Å². The van der Waals surface area contributed by atoms with Crippen LogP contribution >= 0.6 is 0 Å². The van der Waals surface area contributed by atoms with Crippen molar-refractivity contribution in [1.29, 1.82) is 0 Å². The minimum Gasteiger partial charge on any atom is -0.496 e. The first-order valence-corrected chi connectivity index (χ1v) is 11.3. The minimum atomic E-state index is -0.786. The number of aryl methyl sites for hydroxylation is 1. The summed E-state index contributed by atoms with van der Waals surface area (Å²) in [5.41, 5.74) is 0.333. The standard InChI is InChI=1S/C24H34N4O3/c1-19-25-12-16-28(19)18-24(30)10-14-26(15-11-24)23(29)21-8-5-6-13-27(21)17-20-7-3-4-9-22(20)31-2/h3-4,7,9,12,16,21,30H,5-6,8,10-11,13-15,17-18H2,1-2H3/t21-/m1/s1. The number of ether oxygens (including phenoxy) is 1. The van der Waals surface area contributed by atoms with Crippen LogP contribution in [0.25, 0.3) is 0 Å². The van der Waals surface area contributed by atoms with Crippen LogP contribution in [0.3, 0.4) is 0 Å². The SMILES string of the molecule is COc1ccccc1CN1CCCC[C@@H]1C(=O)N1CCC(O)(Cn2ccnc2C)CC1. The molecule has 1 atom stereocenters. The fourth-order valence-corrected chi connectivity index (χ4v) is 4.91. The summed E-state index contributed by atoms with van der Waals surface area (Å²) >= 11 is 0. The van der Waals surface area contributed by atoms with Crippen molar-refractivity contribution in [2.45, 2.75) is 63.8 Å². The molecule has 1 aromatic heterocycles. The van der Waals surface area contributed by atoms with E-state index in [1.54, 1.807) is 13.3 Å². The number of para-hydroxylation sites is 1. The van der Waals surface area contributed by atoms with Gasteiger partial charge in [-0.1, -0.05) is 24.6 Å². The van der Waals surface area contributed by atoms with E-state index in [2.05, 4.69) is 16.0 Å². The first-order chi connectivity index (χ1) is 15.0. The predicted molar refractivity (Wildman–Crippen MR) is 119 cm³/mol. The van der Waals surface area contributed by atoms with Crippen molar-refractivity contribution in [3.63, 3.8) is 0 Å². The highest BCUT2D eigenvalue weighted by molar-refractivity contribution is 5.82. The molecule has 0 spiro atoms. The van der Waals surface area contributed by atoms with Gasteiger partial charge in [-0.2, -0.15) is 0 Å². The second-order valence-electron chi connectivity index (χ2n) is 8.95. The normalized spacial score (nSPS) is 21.8. The van der Waals surface area contributed by atoms with Gasteiger partial charge in [0.2, 0.25) is 5.91 Å².